The number of pyridine rings is 1. The molecule has 2 aromatic carbocycles. The van der Waals surface area contributed by atoms with Crippen LogP contribution in [0, 0.1) is 0 Å². The molecule has 0 atom stereocenters. The summed E-state index contributed by atoms with van der Waals surface area (Å²) in [5.41, 5.74) is 2.05. The number of aliphatic imine (C=N–C) groups is 1. The molecule has 0 N–H and O–H groups in total. The maximum atomic E-state index is 13.2. The number of carbonyl (C=O) groups excluding carboxylic acids is 1. The summed E-state index contributed by atoms with van der Waals surface area (Å²) in [6, 6.07) is 18.5. The van der Waals surface area contributed by atoms with Crippen LogP contribution in [-0.4, -0.2) is 16.1 Å². The van der Waals surface area contributed by atoms with Gasteiger partial charge >= 0.3 is 0 Å². The summed E-state index contributed by atoms with van der Waals surface area (Å²) < 4.78 is 0. The first kappa shape index (κ1) is 18.7. The van der Waals surface area contributed by atoms with Gasteiger partial charge in [0.1, 0.15) is 0 Å². The first-order valence-corrected chi connectivity index (χ1v) is 9.92. The van der Waals surface area contributed by atoms with E-state index < -0.39 is 0 Å². The Kier molecular flexibility index (Phi) is 5.48. The Morgan fingerprint density at radius 3 is 2.46 bits per heavy atom. The number of nitrogens with zero attached hydrogens (tertiary/aromatic N) is 3. The van der Waals surface area contributed by atoms with Gasteiger partial charge in [-0.2, -0.15) is 0 Å². The molecule has 0 saturated carbocycles. The summed E-state index contributed by atoms with van der Waals surface area (Å²) in [7, 11) is 0. The minimum Gasteiger partial charge on any atom is -0.268 e. The first-order valence-electron chi connectivity index (χ1n) is 8.35. The van der Waals surface area contributed by atoms with Crippen molar-refractivity contribution in [1.82, 2.24) is 4.98 Å². The lowest BCUT2D eigenvalue weighted by atomic mass is 10.2. The van der Waals surface area contributed by atoms with E-state index in [0.717, 1.165) is 11.3 Å². The van der Waals surface area contributed by atoms with Gasteiger partial charge in [0.2, 0.25) is 0 Å². The summed E-state index contributed by atoms with van der Waals surface area (Å²) in [5.74, 6) is -0.167. The number of para-hydroxylation sites is 1. The zero-order valence-corrected chi connectivity index (χ0v) is 16.7. The molecule has 1 aliphatic heterocycles. The molecule has 2 heterocycles. The zero-order valence-electron chi connectivity index (χ0n) is 14.4. The van der Waals surface area contributed by atoms with Crippen molar-refractivity contribution in [2.24, 2.45) is 4.99 Å². The van der Waals surface area contributed by atoms with Crippen molar-refractivity contribution in [3.63, 3.8) is 0 Å². The lowest BCUT2D eigenvalue weighted by Gasteiger charge is -2.15. The van der Waals surface area contributed by atoms with E-state index in [9.17, 15) is 4.79 Å². The Bertz CT molecular complexity index is 1100. The molecular formula is C21H13Cl2N3OS. The molecule has 0 aliphatic carbocycles. The van der Waals surface area contributed by atoms with Crippen molar-refractivity contribution in [3.8, 4) is 0 Å². The summed E-state index contributed by atoms with van der Waals surface area (Å²) in [5, 5.41) is 1.51. The number of amidine groups is 1. The van der Waals surface area contributed by atoms with E-state index in [-0.39, 0.29) is 5.91 Å². The van der Waals surface area contributed by atoms with Crippen LogP contribution >= 0.6 is 35.0 Å². The number of carbonyl (C=O) groups is 1. The predicted octanol–water partition coefficient (Wildman–Crippen LogP) is 6.20. The Hall–Kier alpha value is -2.60. The Balaban J connectivity index is 1.81. The summed E-state index contributed by atoms with van der Waals surface area (Å²) in [6.07, 6.45) is 4.91. The molecule has 0 unspecified atom stereocenters. The normalized spacial score (nSPS) is 16.9. The number of benzene rings is 2. The van der Waals surface area contributed by atoms with Crippen LogP contribution in [0.5, 0.6) is 0 Å². The van der Waals surface area contributed by atoms with Crippen LogP contribution in [0.4, 0.5) is 11.4 Å². The number of rotatable bonds is 3. The van der Waals surface area contributed by atoms with Crippen molar-refractivity contribution >= 4 is 63.5 Å². The number of amides is 1. The van der Waals surface area contributed by atoms with Gasteiger partial charge in [-0.25, -0.2) is 4.99 Å². The van der Waals surface area contributed by atoms with Crippen LogP contribution in [0.2, 0.25) is 10.0 Å². The molecule has 4 rings (SSSR count). The standard InChI is InChI=1S/C21H13Cl2N3OS/c22-16-9-5-4-6-14(16)12-19-20(27)26(15-7-2-1-3-8-15)21(28-19)25-18-10-11-24-13-17(18)23/h1-13H/b19-12-,25-21?. The smallest absolute Gasteiger partial charge is 0.268 e. The van der Waals surface area contributed by atoms with Crippen LogP contribution in [0.25, 0.3) is 6.08 Å². The van der Waals surface area contributed by atoms with Gasteiger partial charge in [-0.3, -0.25) is 14.7 Å². The van der Waals surface area contributed by atoms with Gasteiger partial charge in [0, 0.05) is 17.4 Å². The van der Waals surface area contributed by atoms with Gasteiger partial charge in [0.05, 0.1) is 21.3 Å². The second-order valence-electron chi connectivity index (χ2n) is 5.83. The highest BCUT2D eigenvalue weighted by Crippen LogP contribution is 2.38. The number of halogens is 2. The molecule has 0 radical (unpaired) electrons. The fourth-order valence-electron chi connectivity index (χ4n) is 2.65. The Morgan fingerprint density at radius 1 is 0.964 bits per heavy atom. The number of anilines is 1. The van der Waals surface area contributed by atoms with E-state index in [1.54, 1.807) is 29.3 Å². The zero-order chi connectivity index (χ0) is 19.5. The van der Waals surface area contributed by atoms with Gasteiger partial charge in [-0.05, 0) is 47.7 Å². The van der Waals surface area contributed by atoms with Gasteiger partial charge in [-0.15, -0.1) is 0 Å². The average molecular weight is 426 g/mol. The van der Waals surface area contributed by atoms with Crippen LogP contribution in [0.3, 0.4) is 0 Å². The molecule has 1 amide bonds. The van der Waals surface area contributed by atoms with Crippen molar-refractivity contribution in [2.75, 3.05) is 4.90 Å². The van der Waals surface area contributed by atoms with E-state index in [0.29, 0.717) is 25.8 Å². The third-order valence-electron chi connectivity index (χ3n) is 3.98. The lowest BCUT2D eigenvalue weighted by molar-refractivity contribution is -0.113. The summed E-state index contributed by atoms with van der Waals surface area (Å²) in [6.45, 7) is 0. The maximum Gasteiger partial charge on any atom is 0.271 e. The largest absolute Gasteiger partial charge is 0.271 e. The molecule has 138 valence electrons. The van der Waals surface area contributed by atoms with Gasteiger partial charge in [-0.1, -0.05) is 59.6 Å². The number of thioether (sulfide) groups is 1. The molecule has 1 aromatic heterocycles. The summed E-state index contributed by atoms with van der Waals surface area (Å²) >= 11 is 13.7. The highest BCUT2D eigenvalue weighted by molar-refractivity contribution is 8.19. The molecule has 1 saturated heterocycles. The maximum absolute atomic E-state index is 13.2. The minimum atomic E-state index is -0.167. The Labute approximate surface area is 176 Å². The predicted molar refractivity (Wildman–Crippen MR) is 117 cm³/mol. The molecule has 1 aliphatic rings. The van der Waals surface area contributed by atoms with Crippen molar-refractivity contribution in [1.29, 1.82) is 0 Å². The van der Waals surface area contributed by atoms with Gasteiger partial charge in [0.15, 0.2) is 5.17 Å². The third kappa shape index (κ3) is 3.83. The topological polar surface area (TPSA) is 45.6 Å². The van der Waals surface area contributed by atoms with Crippen molar-refractivity contribution in [3.05, 3.63) is 93.6 Å². The van der Waals surface area contributed by atoms with E-state index in [2.05, 4.69) is 9.98 Å². The number of aromatic nitrogens is 1. The fraction of sp³-hybridized carbons (Fsp3) is 0. The highest BCUT2D eigenvalue weighted by atomic mass is 35.5. The second-order valence-corrected chi connectivity index (χ2v) is 7.65. The molecule has 0 spiro atoms. The van der Waals surface area contributed by atoms with E-state index in [1.807, 2.05) is 48.5 Å². The SMILES string of the molecule is O=C1/C(=C/c2ccccc2Cl)SC(=Nc2ccncc2Cl)N1c1ccccc1. The number of hydrogen-bond donors (Lipinski definition) is 0. The highest BCUT2D eigenvalue weighted by Gasteiger charge is 2.34. The third-order valence-corrected chi connectivity index (χ3v) is 5.58. The average Bonchev–Trinajstić information content (AvgIpc) is 3.01. The van der Waals surface area contributed by atoms with Crippen LogP contribution in [0.1, 0.15) is 5.56 Å². The molecule has 0 bridgehead atoms. The van der Waals surface area contributed by atoms with E-state index in [1.165, 1.54) is 18.0 Å². The van der Waals surface area contributed by atoms with Crippen LogP contribution in [0.15, 0.2) is 83.0 Å². The van der Waals surface area contributed by atoms with Crippen LogP contribution < -0.4 is 4.90 Å². The first-order chi connectivity index (χ1) is 13.6. The lowest BCUT2D eigenvalue weighted by Crippen LogP contribution is -2.28. The molecule has 4 nitrogen and oxygen atoms in total. The number of hydrogen-bond acceptors (Lipinski definition) is 4. The minimum absolute atomic E-state index is 0.167. The molecule has 3 aromatic rings. The molecule has 7 heteroatoms. The summed E-state index contributed by atoms with van der Waals surface area (Å²) in [4.78, 5) is 23.9. The van der Waals surface area contributed by atoms with Crippen molar-refractivity contribution in [2.45, 2.75) is 0 Å². The second kappa shape index (κ2) is 8.19. The van der Waals surface area contributed by atoms with Gasteiger partial charge in [0.25, 0.3) is 5.91 Å². The van der Waals surface area contributed by atoms with Crippen molar-refractivity contribution < 1.29 is 4.79 Å². The quantitative estimate of drug-likeness (QED) is 0.469. The molecule has 28 heavy (non-hydrogen) atoms. The van der Waals surface area contributed by atoms with Gasteiger partial charge < -0.3 is 0 Å². The monoisotopic (exact) mass is 425 g/mol. The molecular weight excluding hydrogens is 413 g/mol. The Morgan fingerprint density at radius 2 is 1.71 bits per heavy atom. The molecule has 1 fully saturated rings. The van der Waals surface area contributed by atoms with E-state index in [4.69, 9.17) is 23.2 Å². The van der Waals surface area contributed by atoms with E-state index >= 15 is 0 Å². The fourth-order valence-corrected chi connectivity index (χ4v) is 3.99. The van der Waals surface area contributed by atoms with Crippen LogP contribution in [-0.2, 0) is 4.79 Å².